The molecule has 0 aliphatic carbocycles. The van der Waals surface area contributed by atoms with E-state index in [1.807, 2.05) is 7.05 Å². The Bertz CT molecular complexity index is 500. The van der Waals surface area contributed by atoms with E-state index in [-0.39, 0.29) is 5.91 Å². The van der Waals surface area contributed by atoms with Crippen molar-refractivity contribution in [3.8, 4) is 0 Å². The fourth-order valence-electron chi connectivity index (χ4n) is 1.26. The van der Waals surface area contributed by atoms with Crippen molar-refractivity contribution in [2.24, 2.45) is 7.05 Å². The first-order valence-electron chi connectivity index (χ1n) is 4.72. The minimum absolute atomic E-state index is 0.222. The molecule has 0 aliphatic rings. The summed E-state index contributed by atoms with van der Waals surface area (Å²) in [5, 5.41) is 10.3. The lowest BCUT2D eigenvalue weighted by Gasteiger charge is -2.02. The van der Waals surface area contributed by atoms with Crippen LogP contribution in [0.4, 0.5) is 5.69 Å². The maximum absolute atomic E-state index is 11.6. The Morgan fingerprint density at radius 1 is 1.69 bits per heavy atom. The first kappa shape index (κ1) is 10.2. The number of aryl methyl sites for hydroxylation is 1. The van der Waals surface area contributed by atoms with E-state index in [9.17, 15) is 4.79 Å². The van der Waals surface area contributed by atoms with Gasteiger partial charge in [0.1, 0.15) is 12.0 Å². The highest BCUT2D eigenvalue weighted by molar-refractivity contribution is 5.93. The van der Waals surface area contributed by atoms with Crippen LogP contribution < -0.4 is 11.1 Å². The molecular weight excluding hydrogens is 208 g/mol. The van der Waals surface area contributed by atoms with Crippen LogP contribution in [0.5, 0.6) is 0 Å². The second-order valence-corrected chi connectivity index (χ2v) is 3.39. The molecule has 0 saturated carbocycles. The second kappa shape index (κ2) is 4.05. The zero-order valence-electron chi connectivity index (χ0n) is 8.77. The number of carbonyl (C=O) groups is 1. The summed E-state index contributed by atoms with van der Waals surface area (Å²) in [5.74, 6) is 0.465. The highest BCUT2D eigenvalue weighted by atomic mass is 16.1. The van der Waals surface area contributed by atoms with Crippen LogP contribution in [0, 0.1) is 0 Å². The van der Waals surface area contributed by atoms with E-state index in [0.717, 1.165) is 0 Å². The smallest absolute Gasteiger partial charge is 0.268 e. The maximum atomic E-state index is 11.6. The number of hydrogen-bond acceptors (Lipinski definition) is 4. The first-order valence-corrected chi connectivity index (χ1v) is 4.72. The van der Waals surface area contributed by atoms with Crippen molar-refractivity contribution in [2.75, 3.05) is 5.73 Å². The number of carbonyl (C=O) groups excluding carboxylic acids is 1. The molecule has 0 aromatic carbocycles. The number of aromatic amines is 1. The molecule has 2 aromatic rings. The predicted molar refractivity (Wildman–Crippen MR) is 57.4 cm³/mol. The van der Waals surface area contributed by atoms with Gasteiger partial charge in [-0.15, -0.1) is 10.2 Å². The van der Waals surface area contributed by atoms with Crippen LogP contribution in [0.2, 0.25) is 0 Å². The third kappa shape index (κ3) is 2.02. The molecular formula is C9H12N6O. The van der Waals surface area contributed by atoms with Gasteiger partial charge in [0, 0.05) is 18.9 Å². The van der Waals surface area contributed by atoms with Crippen LogP contribution >= 0.6 is 0 Å². The summed E-state index contributed by atoms with van der Waals surface area (Å²) < 4.78 is 1.74. The zero-order valence-corrected chi connectivity index (χ0v) is 8.77. The number of rotatable bonds is 3. The number of aromatic nitrogens is 4. The van der Waals surface area contributed by atoms with Crippen molar-refractivity contribution in [1.29, 1.82) is 0 Å². The molecule has 0 fully saturated rings. The van der Waals surface area contributed by atoms with Gasteiger partial charge in [-0.05, 0) is 6.07 Å². The van der Waals surface area contributed by atoms with Gasteiger partial charge in [-0.2, -0.15) is 0 Å². The molecule has 0 unspecified atom stereocenters. The quantitative estimate of drug-likeness (QED) is 0.658. The van der Waals surface area contributed by atoms with Crippen molar-refractivity contribution in [3.05, 3.63) is 30.1 Å². The van der Waals surface area contributed by atoms with Gasteiger partial charge in [0.2, 0.25) is 0 Å². The van der Waals surface area contributed by atoms with Crippen LogP contribution in [0.3, 0.4) is 0 Å². The summed E-state index contributed by atoms with van der Waals surface area (Å²) in [4.78, 5) is 14.4. The number of anilines is 1. The average molecular weight is 220 g/mol. The highest BCUT2D eigenvalue weighted by Crippen LogP contribution is 2.04. The molecule has 7 nitrogen and oxygen atoms in total. The van der Waals surface area contributed by atoms with Gasteiger partial charge < -0.3 is 20.6 Å². The van der Waals surface area contributed by atoms with Crippen LogP contribution in [0.15, 0.2) is 18.6 Å². The summed E-state index contributed by atoms with van der Waals surface area (Å²) >= 11 is 0. The lowest BCUT2D eigenvalue weighted by molar-refractivity contribution is 0.0945. The molecule has 0 radical (unpaired) electrons. The van der Waals surface area contributed by atoms with Gasteiger partial charge >= 0.3 is 0 Å². The van der Waals surface area contributed by atoms with E-state index in [2.05, 4.69) is 20.5 Å². The Kier molecular flexibility index (Phi) is 2.59. The molecule has 84 valence electrons. The van der Waals surface area contributed by atoms with Crippen LogP contribution in [0.25, 0.3) is 0 Å². The van der Waals surface area contributed by atoms with E-state index in [4.69, 9.17) is 5.73 Å². The lowest BCUT2D eigenvalue weighted by atomic mass is 10.4. The molecule has 0 spiro atoms. The number of nitrogen functional groups attached to an aromatic ring is 1. The Hall–Kier alpha value is -2.31. The Labute approximate surface area is 91.7 Å². The SMILES string of the molecule is Cn1cnnc1CNC(=O)c1cc(N)c[nH]1. The van der Waals surface area contributed by atoms with Gasteiger partial charge in [-0.3, -0.25) is 4.79 Å². The number of nitrogens with one attached hydrogen (secondary N) is 2. The van der Waals surface area contributed by atoms with E-state index in [1.165, 1.54) is 0 Å². The van der Waals surface area contributed by atoms with Gasteiger partial charge in [0.05, 0.1) is 6.54 Å². The third-order valence-corrected chi connectivity index (χ3v) is 2.16. The topological polar surface area (TPSA) is 102 Å². The average Bonchev–Trinajstić information content (AvgIpc) is 2.84. The van der Waals surface area contributed by atoms with Crippen molar-refractivity contribution < 1.29 is 4.79 Å². The summed E-state index contributed by atoms with van der Waals surface area (Å²) in [6, 6.07) is 1.58. The van der Waals surface area contributed by atoms with Crippen LogP contribution in [-0.4, -0.2) is 25.7 Å². The fraction of sp³-hybridized carbons (Fsp3) is 0.222. The Morgan fingerprint density at radius 2 is 2.50 bits per heavy atom. The summed E-state index contributed by atoms with van der Waals surface area (Å²) in [7, 11) is 1.81. The Balaban J connectivity index is 1.96. The van der Waals surface area contributed by atoms with Gasteiger partial charge in [-0.1, -0.05) is 0 Å². The van der Waals surface area contributed by atoms with E-state index in [1.54, 1.807) is 23.2 Å². The summed E-state index contributed by atoms with van der Waals surface area (Å²) in [6.07, 6.45) is 3.14. The number of hydrogen-bond donors (Lipinski definition) is 3. The lowest BCUT2D eigenvalue weighted by Crippen LogP contribution is -2.24. The molecule has 2 aromatic heterocycles. The fourth-order valence-corrected chi connectivity index (χ4v) is 1.26. The molecule has 0 atom stereocenters. The van der Waals surface area contributed by atoms with E-state index < -0.39 is 0 Å². The van der Waals surface area contributed by atoms with Crippen molar-refractivity contribution in [1.82, 2.24) is 25.1 Å². The minimum Gasteiger partial charge on any atom is -0.397 e. The monoisotopic (exact) mass is 220 g/mol. The van der Waals surface area contributed by atoms with Gasteiger partial charge in [0.25, 0.3) is 5.91 Å². The number of nitrogens with two attached hydrogens (primary N) is 1. The predicted octanol–water partition coefficient (Wildman–Crippen LogP) is -0.345. The minimum atomic E-state index is -0.222. The number of amides is 1. The third-order valence-electron chi connectivity index (χ3n) is 2.16. The maximum Gasteiger partial charge on any atom is 0.268 e. The van der Waals surface area contributed by atoms with E-state index in [0.29, 0.717) is 23.8 Å². The highest BCUT2D eigenvalue weighted by Gasteiger charge is 2.08. The number of H-pyrrole nitrogens is 1. The molecule has 2 heterocycles. The van der Waals surface area contributed by atoms with Crippen LogP contribution in [-0.2, 0) is 13.6 Å². The zero-order chi connectivity index (χ0) is 11.5. The molecule has 0 saturated heterocycles. The molecule has 0 aliphatic heterocycles. The standard InChI is InChI=1S/C9H12N6O/c1-15-5-13-14-8(15)4-12-9(16)7-2-6(10)3-11-7/h2-3,5,11H,4,10H2,1H3,(H,12,16). The largest absolute Gasteiger partial charge is 0.397 e. The normalized spacial score (nSPS) is 10.3. The van der Waals surface area contributed by atoms with E-state index >= 15 is 0 Å². The molecule has 0 bridgehead atoms. The van der Waals surface area contributed by atoms with Gasteiger partial charge in [0.15, 0.2) is 5.82 Å². The second-order valence-electron chi connectivity index (χ2n) is 3.39. The van der Waals surface area contributed by atoms with Crippen molar-refractivity contribution >= 4 is 11.6 Å². The summed E-state index contributed by atoms with van der Waals surface area (Å²) in [5.41, 5.74) is 6.46. The molecule has 4 N–H and O–H groups in total. The molecule has 16 heavy (non-hydrogen) atoms. The van der Waals surface area contributed by atoms with Crippen molar-refractivity contribution in [2.45, 2.75) is 6.54 Å². The molecule has 1 amide bonds. The van der Waals surface area contributed by atoms with Crippen molar-refractivity contribution in [3.63, 3.8) is 0 Å². The van der Waals surface area contributed by atoms with Gasteiger partial charge in [-0.25, -0.2) is 0 Å². The Morgan fingerprint density at radius 3 is 3.06 bits per heavy atom. The van der Waals surface area contributed by atoms with Crippen LogP contribution in [0.1, 0.15) is 16.3 Å². The first-order chi connectivity index (χ1) is 7.66. The number of nitrogens with zero attached hydrogens (tertiary/aromatic N) is 3. The molecule has 7 heteroatoms. The summed E-state index contributed by atoms with van der Waals surface area (Å²) in [6.45, 7) is 0.328. The molecule has 2 rings (SSSR count).